The van der Waals surface area contributed by atoms with Crippen LogP contribution in [0.2, 0.25) is 0 Å². The van der Waals surface area contributed by atoms with Crippen LogP contribution in [0.3, 0.4) is 0 Å². The molecule has 0 aromatic rings. The summed E-state index contributed by atoms with van der Waals surface area (Å²) in [6, 6.07) is 0. The molecule has 0 spiro atoms. The topological polar surface area (TPSA) is 43.4 Å². The Balaban J connectivity index is 3.84. The molecule has 0 unspecified atom stereocenters. The second-order valence-corrected chi connectivity index (χ2v) is 4.32. The number of carbonyl (C=O) groups excluding carboxylic acids is 2. The van der Waals surface area contributed by atoms with Crippen LogP contribution in [0.4, 0.5) is 0 Å². The summed E-state index contributed by atoms with van der Waals surface area (Å²) in [5.74, 6) is 0.0867. The van der Waals surface area contributed by atoms with E-state index in [0.717, 1.165) is 12.8 Å². The van der Waals surface area contributed by atoms with Crippen LogP contribution in [-0.2, 0) is 14.3 Å². The Bertz CT molecular complexity index is 219. The van der Waals surface area contributed by atoms with Gasteiger partial charge >= 0.3 is 5.97 Å². The second kappa shape index (κ2) is 6.59. The van der Waals surface area contributed by atoms with Gasteiger partial charge in [0.05, 0.1) is 6.61 Å². The molecule has 0 radical (unpaired) electrons. The van der Waals surface area contributed by atoms with Crippen LogP contribution in [0.1, 0.15) is 53.4 Å². The number of hydrogen-bond donors (Lipinski definition) is 0. The van der Waals surface area contributed by atoms with Crippen molar-refractivity contribution in [3.63, 3.8) is 0 Å². The van der Waals surface area contributed by atoms with E-state index in [1.54, 1.807) is 6.92 Å². The number of rotatable bonds is 7. The van der Waals surface area contributed by atoms with Gasteiger partial charge in [0.25, 0.3) is 0 Å². The van der Waals surface area contributed by atoms with Gasteiger partial charge in [-0.15, -0.1) is 0 Å². The molecule has 0 fully saturated rings. The van der Waals surface area contributed by atoms with Crippen LogP contribution in [0, 0.1) is 5.41 Å². The van der Waals surface area contributed by atoms with Gasteiger partial charge in [-0.25, -0.2) is 0 Å². The van der Waals surface area contributed by atoms with Crippen LogP contribution in [0.5, 0.6) is 0 Å². The Morgan fingerprint density at radius 2 is 1.80 bits per heavy atom. The van der Waals surface area contributed by atoms with Gasteiger partial charge in [-0.1, -0.05) is 20.8 Å². The third kappa shape index (κ3) is 5.55. The number of ether oxygens (including phenoxy) is 1. The van der Waals surface area contributed by atoms with Crippen LogP contribution in [0.15, 0.2) is 0 Å². The van der Waals surface area contributed by atoms with Crippen molar-refractivity contribution in [2.75, 3.05) is 6.61 Å². The minimum atomic E-state index is -0.304. The predicted octanol–water partition coefficient (Wildman–Crippen LogP) is 2.73. The molecule has 0 aliphatic carbocycles. The van der Waals surface area contributed by atoms with Crippen LogP contribution in [-0.4, -0.2) is 18.4 Å². The average molecular weight is 214 g/mol. The van der Waals surface area contributed by atoms with E-state index >= 15 is 0 Å². The molecule has 0 heterocycles. The number of carbonyl (C=O) groups is 2. The maximum absolute atomic E-state index is 11.5. The third-order valence-electron chi connectivity index (χ3n) is 2.56. The lowest BCUT2D eigenvalue weighted by molar-refractivity contribution is -0.143. The third-order valence-corrected chi connectivity index (χ3v) is 2.56. The first-order chi connectivity index (χ1) is 6.94. The second-order valence-electron chi connectivity index (χ2n) is 4.32. The highest BCUT2D eigenvalue weighted by atomic mass is 16.5. The molecule has 0 aliphatic heterocycles. The standard InChI is InChI=1S/C12H22O3/c1-5-10(13)12(3,4)9-7-8-11(14)15-6-2/h5-9H2,1-4H3. The maximum Gasteiger partial charge on any atom is 0.305 e. The summed E-state index contributed by atoms with van der Waals surface area (Å²) in [7, 11) is 0. The molecule has 0 rings (SSSR count). The molecule has 3 heteroatoms. The van der Waals surface area contributed by atoms with Gasteiger partial charge in [0, 0.05) is 18.3 Å². The van der Waals surface area contributed by atoms with E-state index in [1.807, 2.05) is 20.8 Å². The minimum absolute atomic E-state index is 0.169. The van der Waals surface area contributed by atoms with Crippen LogP contribution >= 0.6 is 0 Å². The largest absolute Gasteiger partial charge is 0.466 e. The molecule has 88 valence electrons. The molecule has 0 atom stereocenters. The number of hydrogen-bond acceptors (Lipinski definition) is 3. The van der Waals surface area contributed by atoms with Gasteiger partial charge in [-0.2, -0.15) is 0 Å². The van der Waals surface area contributed by atoms with E-state index in [4.69, 9.17) is 4.74 Å². The lowest BCUT2D eigenvalue weighted by atomic mass is 9.82. The van der Waals surface area contributed by atoms with Gasteiger partial charge in [0.15, 0.2) is 0 Å². The van der Waals surface area contributed by atoms with Crippen molar-refractivity contribution < 1.29 is 14.3 Å². The molecule has 0 aromatic carbocycles. The molecular formula is C12H22O3. The van der Waals surface area contributed by atoms with E-state index in [1.165, 1.54) is 0 Å². The molecule has 0 N–H and O–H groups in total. The van der Waals surface area contributed by atoms with Crippen LogP contribution in [0.25, 0.3) is 0 Å². The van der Waals surface area contributed by atoms with Gasteiger partial charge in [-0.05, 0) is 19.8 Å². The first kappa shape index (κ1) is 14.1. The van der Waals surface area contributed by atoms with E-state index < -0.39 is 0 Å². The van der Waals surface area contributed by atoms with Crippen molar-refractivity contribution >= 4 is 11.8 Å². The minimum Gasteiger partial charge on any atom is -0.466 e. The van der Waals surface area contributed by atoms with E-state index in [2.05, 4.69) is 0 Å². The Kier molecular flexibility index (Phi) is 6.21. The van der Waals surface area contributed by atoms with E-state index in [0.29, 0.717) is 19.4 Å². The maximum atomic E-state index is 11.5. The predicted molar refractivity (Wildman–Crippen MR) is 59.6 cm³/mol. The fraction of sp³-hybridized carbons (Fsp3) is 0.833. The zero-order valence-corrected chi connectivity index (χ0v) is 10.3. The van der Waals surface area contributed by atoms with Crippen molar-refractivity contribution in [3.8, 4) is 0 Å². The number of esters is 1. The summed E-state index contributed by atoms with van der Waals surface area (Å²) in [6.45, 7) is 7.96. The van der Waals surface area contributed by atoms with Gasteiger partial charge < -0.3 is 4.74 Å². The molecule has 0 aliphatic rings. The Hall–Kier alpha value is -0.860. The molecule has 0 saturated heterocycles. The molecule has 15 heavy (non-hydrogen) atoms. The summed E-state index contributed by atoms with van der Waals surface area (Å²) in [5.41, 5.74) is -0.304. The van der Waals surface area contributed by atoms with Crippen molar-refractivity contribution in [1.82, 2.24) is 0 Å². The molecular weight excluding hydrogens is 192 g/mol. The van der Waals surface area contributed by atoms with Crippen molar-refractivity contribution in [1.29, 1.82) is 0 Å². The summed E-state index contributed by atoms with van der Waals surface area (Å²) in [5, 5.41) is 0. The highest BCUT2D eigenvalue weighted by molar-refractivity contribution is 5.83. The molecule has 3 nitrogen and oxygen atoms in total. The lowest BCUT2D eigenvalue weighted by Crippen LogP contribution is -2.23. The van der Waals surface area contributed by atoms with Gasteiger partial charge in [0.1, 0.15) is 5.78 Å². The quantitative estimate of drug-likeness (QED) is 0.612. The first-order valence-electron chi connectivity index (χ1n) is 5.63. The lowest BCUT2D eigenvalue weighted by Gasteiger charge is -2.21. The zero-order chi connectivity index (χ0) is 11.9. The van der Waals surface area contributed by atoms with Gasteiger partial charge in [0.2, 0.25) is 0 Å². The fourth-order valence-electron chi connectivity index (χ4n) is 1.53. The Morgan fingerprint density at radius 1 is 1.20 bits per heavy atom. The van der Waals surface area contributed by atoms with Gasteiger partial charge in [-0.3, -0.25) is 9.59 Å². The summed E-state index contributed by atoms with van der Waals surface area (Å²) in [4.78, 5) is 22.6. The summed E-state index contributed by atoms with van der Waals surface area (Å²) >= 11 is 0. The van der Waals surface area contributed by atoms with E-state index in [9.17, 15) is 9.59 Å². The average Bonchev–Trinajstić information content (AvgIpc) is 2.16. The number of ketones is 1. The SMILES string of the molecule is CCOC(=O)CCCC(C)(C)C(=O)CC. The monoisotopic (exact) mass is 214 g/mol. The van der Waals surface area contributed by atoms with E-state index in [-0.39, 0.29) is 17.2 Å². The zero-order valence-electron chi connectivity index (χ0n) is 10.3. The highest BCUT2D eigenvalue weighted by Crippen LogP contribution is 2.25. The normalized spacial score (nSPS) is 11.2. The summed E-state index contributed by atoms with van der Waals surface area (Å²) in [6.07, 6.45) is 2.44. The number of Topliss-reactive ketones (excluding diaryl/α,β-unsaturated/α-hetero) is 1. The fourth-order valence-corrected chi connectivity index (χ4v) is 1.53. The first-order valence-corrected chi connectivity index (χ1v) is 5.63. The molecule has 0 aromatic heterocycles. The highest BCUT2D eigenvalue weighted by Gasteiger charge is 2.25. The van der Waals surface area contributed by atoms with Crippen molar-refractivity contribution in [2.24, 2.45) is 5.41 Å². The Morgan fingerprint density at radius 3 is 2.27 bits per heavy atom. The Labute approximate surface area is 92.2 Å². The van der Waals surface area contributed by atoms with Crippen molar-refractivity contribution in [2.45, 2.75) is 53.4 Å². The molecule has 0 bridgehead atoms. The molecule has 0 amide bonds. The molecule has 0 saturated carbocycles. The smallest absolute Gasteiger partial charge is 0.305 e. The van der Waals surface area contributed by atoms with Crippen LogP contribution < -0.4 is 0 Å². The van der Waals surface area contributed by atoms with Crippen molar-refractivity contribution in [3.05, 3.63) is 0 Å². The summed E-state index contributed by atoms with van der Waals surface area (Å²) < 4.78 is 4.82.